The molecule has 7 nitrogen and oxygen atoms in total. The van der Waals surface area contributed by atoms with E-state index in [9.17, 15) is 14.3 Å². The summed E-state index contributed by atoms with van der Waals surface area (Å²) in [6.45, 7) is 2.36. The molecular weight excluding hydrogens is 361 g/mol. The van der Waals surface area contributed by atoms with Crippen molar-refractivity contribution < 1.29 is 23.6 Å². The van der Waals surface area contributed by atoms with E-state index in [-0.39, 0.29) is 22.9 Å². The van der Waals surface area contributed by atoms with Crippen molar-refractivity contribution in [1.82, 2.24) is 10.1 Å². The summed E-state index contributed by atoms with van der Waals surface area (Å²) in [4.78, 5) is 16.0. The minimum Gasteiger partial charge on any atom is -0.494 e. The van der Waals surface area contributed by atoms with E-state index in [2.05, 4.69) is 15.5 Å². The lowest BCUT2D eigenvalue weighted by atomic mass is 10.1. The summed E-state index contributed by atoms with van der Waals surface area (Å²) in [7, 11) is 1.33. The molecule has 0 atom stereocenters. The van der Waals surface area contributed by atoms with Crippen LogP contribution in [0.5, 0.6) is 5.75 Å². The van der Waals surface area contributed by atoms with Crippen molar-refractivity contribution in [3.63, 3.8) is 0 Å². The van der Waals surface area contributed by atoms with Gasteiger partial charge in [0.1, 0.15) is 0 Å². The Morgan fingerprint density at radius 3 is 2.92 bits per heavy atom. The number of carbonyl (C=O) groups is 1. The van der Waals surface area contributed by atoms with E-state index in [0.717, 1.165) is 10.7 Å². The first kappa shape index (κ1) is 17.9. The predicted octanol–water partition coefficient (Wildman–Crippen LogP) is 3.61. The van der Waals surface area contributed by atoms with Crippen LogP contribution in [0.1, 0.15) is 21.1 Å². The van der Waals surface area contributed by atoms with Gasteiger partial charge in [0, 0.05) is 29.6 Å². The minimum atomic E-state index is -1.20. The number of halogens is 1. The third-order valence-corrected chi connectivity index (χ3v) is 4.64. The molecule has 2 N–H and O–H groups in total. The second-order valence-corrected chi connectivity index (χ2v) is 6.39. The Labute approximate surface area is 152 Å². The van der Waals surface area contributed by atoms with Crippen molar-refractivity contribution >= 4 is 23.1 Å². The Morgan fingerprint density at radius 2 is 2.27 bits per heavy atom. The van der Waals surface area contributed by atoms with Crippen LogP contribution >= 0.6 is 11.3 Å². The van der Waals surface area contributed by atoms with Crippen molar-refractivity contribution in [2.24, 2.45) is 0 Å². The number of methoxy groups -OCH3 is 1. The zero-order valence-corrected chi connectivity index (χ0v) is 14.9. The molecule has 0 aliphatic heterocycles. The number of rotatable bonds is 7. The molecule has 0 amide bonds. The molecule has 26 heavy (non-hydrogen) atoms. The molecule has 0 spiro atoms. The number of nitrogens with one attached hydrogen (secondary N) is 1. The smallest absolute Gasteiger partial charge is 0.343 e. The number of thiazole rings is 1. The number of carboxylic acids is 1. The largest absolute Gasteiger partial charge is 0.494 e. The van der Waals surface area contributed by atoms with E-state index in [4.69, 9.17) is 9.26 Å². The standard InChI is InChI=1S/C17H16FN3O4S/c1-9-8-26-13(20-9)5-6-19-16-14(17(22)23)15(25-21-16)10-3-4-11(18)12(7-10)24-2/h3-4,7-8H,5-6H2,1-2H3,(H,19,21)(H,22,23). The predicted molar refractivity (Wildman–Crippen MR) is 94.5 cm³/mol. The number of hydrogen-bond acceptors (Lipinski definition) is 7. The Balaban J connectivity index is 1.83. The van der Waals surface area contributed by atoms with Gasteiger partial charge in [-0.1, -0.05) is 5.16 Å². The zero-order chi connectivity index (χ0) is 18.7. The summed E-state index contributed by atoms with van der Waals surface area (Å²) in [5, 5.41) is 19.2. The van der Waals surface area contributed by atoms with E-state index in [1.165, 1.54) is 25.3 Å². The first-order valence-corrected chi connectivity index (χ1v) is 8.59. The molecule has 0 unspecified atom stereocenters. The van der Waals surface area contributed by atoms with Crippen LogP contribution in [0.4, 0.5) is 10.2 Å². The summed E-state index contributed by atoms with van der Waals surface area (Å²) in [5.41, 5.74) is 1.19. The van der Waals surface area contributed by atoms with Gasteiger partial charge in [-0.15, -0.1) is 11.3 Å². The summed E-state index contributed by atoms with van der Waals surface area (Å²) in [6.07, 6.45) is 0.629. The molecule has 3 rings (SSSR count). The zero-order valence-electron chi connectivity index (χ0n) is 14.1. The van der Waals surface area contributed by atoms with Gasteiger partial charge in [-0.05, 0) is 25.1 Å². The highest BCUT2D eigenvalue weighted by atomic mass is 32.1. The molecule has 0 aliphatic carbocycles. The highest BCUT2D eigenvalue weighted by Crippen LogP contribution is 2.32. The van der Waals surface area contributed by atoms with Crippen LogP contribution in [0.25, 0.3) is 11.3 Å². The number of hydrogen-bond donors (Lipinski definition) is 2. The van der Waals surface area contributed by atoms with Gasteiger partial charge >= 0.3 is 5.97 Å². The maximum atomic E-state index is 13.6. The minimum absolute atomic E-state index is 0.0103. The number of carboxylic acid groups (broad SMARTS) is 1. The molecule has 0 bridgehead atoms. The highest BCUT2D eigenvalue weighted by Gasteiger charge is 2.24. The van der Waals surface area contributed by atoms with Crippen LogP contribution in [0, 0.1) is 12.7 Å². The van der Waals surface area contributed by atoms with E-state index >= 15 is 0 Å². The van der Waals surface area contributed by atoms with Crippen molar-refractivity contribution in [2.45, 2.75) is 13.3 Å². The van der Waals surface area contributed by atoms with Gasteiger partial charge in [0.2, 0.25) is 0 Å². The number of aromatic carboxylic acids is 1. The molecule has 9 heteroatoms. The third kappa shape index (κ3) is 3.67. The Bertz CT molecular complexity index is 938. The van der Waals surface area contributed by atoms with Gasteiger partial charge in [0.25, 0.3) is 0 Å². The molecule has 0 aliphatic rings. The van der Waals surface area contributed by atoms with Crippen LogP contribution in [0.3, 0.4) is 0 Å². The number of aryl methyl sites for hydroxylation is 1. The molecule has 0 radical (unpaired) electrons. The average molecular weight is 377 g/mol. The molecule has 2 heterocycles. The second-order valence-electron chi connectivity index (χ2n) is 5.45. The molecule has 3 aromatic rings. The number of benzene rings is 1. The van der Waals surface area contributed by atoms with Crippen LogP contribution < -0.4 is 10.1 Å². The molecule has 0 saturated carbocycles. The van der Waals surface area contributed by atoms with Crippen molar-refractivity contribution in [2.75, 3.05) is 19.0 Å². The fourth-order valence-corrected chi connectivity index (χ4v) is 3.19. The van der Waals surface area contributed by atoms with Crippen molar-refractivity contribution in [3.8, 4) is 17.1 Å². The molecule has 0 saturated heterocycles. The maximum Gasteiger partial charge on any atom is 0.343 e. The van der Waals surface area contributed by atoms with Crippen LogP contribution in [0.2, 0.25) is 0 Å². The summed E-state index contributed by atoms with van der Waals surface area (Å²) in [5.74, 6) is -1.61. The van der Waals surface area contributed by atoms with Gasteiger partial charge in [-0.2, -0.15) is 0 Å². The molecular formula is C17H16FN3O4S. The third-order valence-electron chi connectivity index (χ3n) is 3.62. The topological polar surface area (TPSA) is 97.5 Å². The molecule has 136 valence electrons. The van der Waals surface area contributed by atoms with Crippen molar-refractivity contribution in [1.29, 1.82) is 0 Å². The SMILES string of the molecule is COc1cc(-c2onc(NCCc3nc(C)cs3)c2C(=O)O)ccc1F. The Kier molecular flexibility index (Phi) is 5.17. The van der Waals surface area contributed by atoms with Gasteiger partial charge in [0.05, 0.1) is 12.1 Å². The highest BCUT2D eigenvalue weighted by molar-refractivity contribution is 7.09. The van der Waals surface area contributed by atoms with Crippen LogP contribution in [-0.4, -0.2) is 34.9 Å². The van der Waals surface area contributed by atoms with E-state index < -0.39 is 11.8 Å². The number of ether oxygens (including phenoxy) is 1. The lowest BCUT2D eigenvalue weighted by molar-refractivity contribution is 0.0698. The van der Waals surface area contributed by atoms with Gasteiger partial charge in [-0.3, -0.25) is 0 Å². The summed E-state index contributed by atoms with van der Waals surface area (Å²) in [6, 6.07) is 3.96. The van der Waals surface area contributed by atoms with E-state index in [0.29, 0.717) is 18.5 Å². The molecule has 2 aromatic heterocycles. The number of nitrogens with zero attached hydrogens (tertiary/aromatic N) is 2. The van der Waals surface area contributed by atoms with Gasteiger partial charge in [-0.25, -0.2) is 14.2 Å². The van der Waals surface area contributed by atoms with Crippen molar-refractivity contribution in [3.05, 3.63) is 45.7 Å². The monoisotopic (exact) mass is 377 g/mol. The fraction of sp³-hybridized carbons (Fsp3) is 0.235. The summed E-state index contributed by atoms with van der Waals surface area (Å²) >= 11 is 1.54. The number of aromatic nitrogens is 2. The summed E-state index contributed by atoms with van der Waals surface area (Å²) < 4.78 is 23.7. The normalized spacial score (nSPS) is 10.7. The molecule has 0 fully saturated rings. The second kappa shape index (κ2) is 7.52. The Morgan fingerprint density at radius 1 is 1.46 bits per heavy atom. The maximum absolute atomic E-state index is 13.6. The lowest BCUT2D eigenvalue weighted by Crippen LogP contribution is -2.09. The molecule has 1 aromatic carbocycles. The fourth-order valence-electron chi connectivity index (χ4n) is 2.41. The quantitative estimate of drug-likeness (QED) is 0.649. The van der Waals surface area contributed by atoms with Gasteiger partial charge < -0.3 is 19.7 Å². The number of anilines is 1. The van der Waals surface area contributed by atoms with Crippen LogP contribution in [0.15, 0.2) is 28.1 Å². The van der Waals surface area contributed by atoms with Gasteiger partial charge in [0.15, 0.2) is 28.7 Å². The van der Waals surface area contributed by atoms with Crippen LogP contribution in [-0.2, 0) is 6.42 Å². The lowest BCUT2D eigenvalue weighted by Gasteiger charge is -2.05. The first-order chi connectivity index (χ1) is 12.5. The van der Waals surface area contributed by atoms with E-state index in [1.807, 2.05) is 12.3 Å². The average Bonchev–Trinajstić information content (AvgIpc) is 3.22. The Hall–Kier alpha value is -2.94. The van der Waals surface area contributed by atoms with E-state index in [1.54, 1.807) is 11.3 Å². The first-order valence-electron chi connectivity index (χ1n) is 7.71.